The lowest BCUT2D eigenvalue weighted by atomic mass is 10.1. The molecule has 0 saturated heterocycles. The average Bonchev–Trinajstić information content (AvgIpc) is 2.95. The largest absolute Gasteiger partial charge is 0.493 e. The third-order valence-corrected chi connectivity index (χ3v) is 3.64. The van der Waals surface area contributed by atoms with Crippen LogP contribution in [0.3, 0.4) is 0 Å². The van der Waals surface area contributed by atoms with Gasteiger partial charge in [-0.1, -0.05) is 36.7 Å². The molecule has 0 fully saturated rings. The highest BCUT2D eigenvalue weighted by Gasteiger charge is 2.24. The van der Waals surface area contributed by atoms with E-state index in [1.165, 1.54) is 0 Å². The monoisotopic (exact) mass is 341 g/mol. The van der Waals surface area contributed by atoms with E-state index in [4.69, 9.17) is 21.1 Å². The second-order valence-electron chi connectivity index (χ2n) is 5.23. The molecule has 0 saturated carbocycles. The number of nitrogens with zero attached hydrogens (tertiary/aromatic N) is 1. The molecular weight excluding hydrogens is 326 g/mol. The fraction of sp³-hybridized carbons (Fsp3) is 0.158. The molecule has 0 radical (unpaired) electrons. The van der Waals surface area contributed by atoms with Crippen LogP contribution in [0.4, 0.5) is 0 Å². The van der Waals surface area contributed by atoms with Gasteiger partial charge in [-0.05, 0) is 42.8 Å². The summed E-state index contributed by atoms with van der Waals surface area (Å²) in [6.07, 6.45) is 2.59. The van der Waals surface area contributed by atoms with Gasteiger partial charge in [0, 0.05) is 16.1 Å². The van der Waals surface area contributed by atoms with Gasteiger partial charge in [-0.25, -0.2) is 9.79 Å². The summed E-state index contributed by atoms with van der Waals surface area (Å²) in [7, 11) is 0. The zero-order chi connectivity index (χ0) is 16.9. The molecule has 1 aliphatic heterocycles. The summed E-state index contributed by atoms with van der Waals surface area (Å²) in [5.74, 6) is 0.509. The minimum Gasteiger partial charge on any atom is -0.493 e. The number of rotatable bonds is 5. The van der Waals surface area contributed by atoms with Crippen molar-refractivity contribution in [3.63, 3.8) is 0 Å². The first-order valence-electron chi connectivity index (χ1n) is 7.67. The number of carbonyl (C=O) groups is 1. The van der Waals surface area contributed by atoms with Crippen molar-refractivity contribution < 1.29 is 14.3 Å². The van der Waals surface area contributed by atoms with Gasteiger partial charge in [0.25, 0.3) is 0 Å². The molecule has 0 spiro atoms. The average molecular weight is 342 g/mol. The molecule has 0 aromatic heterocycles. The molecule has 1 aliphatic rings. The number of cyclic esters (lactones) is 1. The normalized spacial score (nSPS) is 15.3. The predicted molar refractivity (Wildman–Crippen MR) is 94.3 cm³/mol. The van der Waals surface area contributed by atoms with Crippen molar-refractivity contribution in [3.8, 4) is 5.75 Å². The van der Waals surface area contributed by atoms with Crippen molar-refractivity contribution in [2.45, 2.75) is 13.3 Å². The minimum atomic E-state index is -0.481. The molecule has 0 N–H and O–H groups in total. The number of hydrogen-bond donors (Lipinski definition) is 0. The number of hydrogen-bond acceptors (Lipinski definition) is 4. The first-order chi connectivity index (χ1) is 11.7. The van der Waals surface area contributed by atoms with E-state index in [0.717, 1.165) is 17.7 Å². The lowest BCUT2D eigenvalue weighted by Crippen LogP contribution is -2.05. The fourth-order valence-corrected chi connectivity index (χ4v) is 2.34. The van der Waals surface area contributed by atoms with Crippen molar-refractivity contribution in [1.29, 1.82) is 0 Å². The Morgan fingerprint density at radius 2 is 1.92 bits per heavy atom. The third kappa shape index (κ3) is 3.66. The first kappa shape index (κ1) is 16.3. The molecule has 0 amide bonds. The minimum absolute atomic E-state index is 0.243. The zero-order valence-corrected chi connectivity index (χ0v) is 13.9. The van der Waals surface area contributed by atoms with Crippen LogP contribution in [-0.4, -0.2) is 18.5 Å². The quantitative estimate of drug-likeness (QED) is 0.595. The lowest BCUT2D eigenvalue weighted by molar-refractivity contribution is -0.129. The Labute approximate surface area is 145 Å². The van der Waals surface area contributed by atoms with Crippen molar-refractivity contribution in [2.75, 3.05) is 6.61 Å². The van der Waals surface area contributed by atoms with Gasteiger partial charge in [-0.15, -0.1) is 0 Å². The number of para-hydroxylation sites is 1. The van der Waals surface area contributed by atoms with Gasteiger partial charge in [0.2, 0.25) is 5.90 Å². The van der Waals surface area contributed by atoms with Crippen LogP contribution in [0.5, 0.6) is 5.75 Å². The van der Waals surface area contributed by atoms with Crippen LogP contribution in [0.1, 0.15) is 24.5 Å². The maximum atomic E-state index is 12.1. The topological polar surface area (TPSA) is 47.9 Å². The van der Waals surface area contributed by atoms with Crippen molar-refractivity contribution in [1.82, 2.24) is 0 Å². The Kier molecular flexibility index (Phi) is 4.96. The summed E-state index contributed by atoms with van der Waals surface area (Å²) in [5, 5.41) is 0.612. The van der Waals surface area contributed by atoms with Gasteiger partial charge < -0.3 is 9.47 Å². The summed E-state index contributed by atoms with van der Waals surface area (Å²) in [6.45, 7) is 2.65. The highest BCUT2D eigenvalue weighted by Crippen LogP contribution is 2.25. The molecule has 0 bridgehead atoms. The summed E-state index contributed by atoms with van der Waals surface area (Å²) in [5.41, 5.74) is 1.73. The van der Waals surface area contributed by atoms with E-state index >= 15 is 0 Å². The molecule has 122 valence electrons. The zero-order valence-electron chi connectivity index (χ0n) is 13.2. The molecule has 4 nitrogen and oxygen atoms in total. The molecule has 2 aromatic rings. The van der Waals surface area contributed by atoms with Crippen LogP contribution < -0.4 is 4.74 Å². The van der Waals surface area contributed by atoms with Crippen molar-refractivity contribution in [3.05, 3.63) is 70.4 Å². The number of ether oxygens (including phenoxy) is 2. The van der Waals surface area contributed by atoms with Crippen LogP contribution in [-0.2, 0) is 9.53 Å². The Balaban J connectivity index is 1.90. The molecule has 24 heavy (non-hydrogen) atoms. The summed E-state index contributed by atoms with van der Waals surface area (Å²) < 4.78 is 10.9. The highest BCUT2D eigenvalue weighted by atomic mass is 35.5. The molecular formula is C19H16ClNO3. The fourth-order valence-electron chi connectivity index (χ4n) is 2.22. The molecule has 0 unspecified atom stereocenters. The second-order valence-corrected chi connectivity index (χ2v) is 5.67. The van der Waals surface area contributed by atoms with Crippen LogP contribution >= 0.6 is 11.6 Å². The van der Waals surface area contributed by atoms with Gasteiger partial charge in [-0.2, -0.15) is 0 Å². The van der Waals surface area contributed by atoms with E-state index in [1.54, 1.807) is 30.3 Å². The number of halogens is 1. The van der Waals surface area contributed by atoms with Crippen LogP contribution in [0.2, 0.25) is 5.02 Å². The predicted octanol–water partition coefficient (Wildman–Crippen LogP) is 4.47. The number of benzene rings is 2. The maximum absolute atomic E-state index is 12.1. The summed E-state index contributed by atoms with van der Waals surface area (Å²) in [6, 6.07) is 14.5. The Bertz CT molecular complexity index is 810. The van der Waals surface area contributed by atoms with Crippen molar-refractivity contribution in [2.24, 2.45) is 4.99 Å². The van der Waals surface area contributed by atoms with E-state index < -0.39 is 5.97 Å². The van der Waals surface area contributed by atoms with Gasteiger partial charge in [0.05, 0.1) is 6.61 Å². The molecule has 3 rings (SSSR count). The van der Waals surface area contributed by atoms with Gasteiger partial charge in [-0.3, -0.25) is 0 Å². The SMILES string of the molecule is CCCOc1ccccc1/C=C1\N=C(c2ccc(Cl)cc2)OC1=O. The standard InChI is InChI=1S/C19H16ClNO3/c1-2-11-23-17-6-4-3-5-14(17)12-16-19(22)24-18(21-16)13-7-9-15(20)10-8-13/h3-10,12H,2,11H2,1H3/b16-12-. The Morgan fingerprint density at radius 1 is 1.17 bits per heavy atom. The molecule has 1 heterocycles. The van der Waals surface area contributed by atoms with E-state index in [1.807, 2.05) is 31.2 Å². The Hall–Kier alpha value is -2.59. The van der Waals surface area contributed by atoms with Crippen LogP contribution in [0.15, 0.2) is 59.2 Å². The van der Waals surface area contributed by atoms with E-state index in [2.05, 4.69) is 4.99 Å². The molecule has 5 heteroatoms. The van der Waals surface area contributed by atoms with Gasteiger partial charge in [0.1, 0.15) is 5.75 Å². The van der Waals surface area contributed by atoms with Crippen LogP contribution in [0, 0.1) is 0 Å². The van der Waals surface area contributed by atoms with E-state index in [-0.39, 0.29) is 11.6 Å². The smallest absolute Gasteiger partial charge is 0.363 e. The highest BCUT2D eigenvalue weighted by molar-refractivity contribution is 6.30. The van der Waals surface area contributed by atoms with E-state index in [0.29, 0.717) is 17.2 Å². The van der Waals surface area contributed by atoms with Crippen LogP contribution in [0.25, 0.3) is 6.08 Å². The number of aliphatic imine (C=N–C) groups is 1. The maximum Gasteiger partial charge on any atom is 0.363 e. The summed E-state index contributed by atoms with van der Waals surface area (Å²) in [4.78, 5) is 16.4. The van der Waals surface area contributed by atoms with Gasteiger partial charge in [0.15, 0.2) is 5.70 Å². The van der Waals surface area contributed by atoms with Gasteiger partial charge >= 0.3 is 5.97 Å². The Morgan fingerprint density at radius 3 is 2.67 bits per heavy atom. The summed E-state index contributed by atoms with van der Waals surface area (Å²) >= 11 is 5.87. The van der Waals surface area contributed by atoms with Crippen molar-refractivity contribution >= 4 is 29.5 Å². The molecule has 2 aromatic carbocycles. The number of esters is 1. The first-order valence-corrected chi connectivity index (χ1v) is 8.05. The molecule has 0 aliphatic carbocycles. The van der Waals surface area contributed by atoms with E-state index in [9.17, 15) is 4.79 Å². The lowest BCUT2D eigenvalue weighted by Gasteiger charge is -2.07. The third-order valence-electron chi connectivity index (χ3n) is 3.38. The second kappa shape index (κ2) is 7.32. The number of carbonyl (C=O) groups excluding carboxylic acids is 1. The molecule has 0 atom stereocenters.